The number of hydrogen-bond donors (Lipinski definition) is 0. The van der Waals surface area contributed by atoms with Gasteiger partial charge in [-0.2, -0.15) is 0 Å². The van der Waals surface area contributed by atoms with Crippen LogP contribution in [0.15, 0.2) is 235 Å². The maximum atomic E-state index is 6.36. The van der Waals surface area contributed by atoms with Crippen LogP contribution in [0.4, 0.5) is 0 Å². The van der Waals surface area contributed by atoms with Gasteiger partial charge < -0.3 is 8.98 Å². The number of benzene rings is 11. The van der Waals surface area contributed by atoms with Crippen LogP contribution in [0.25, 0.3) is 139 Å². The number of fused-ring (bicyclic) bond motifs is 14. The normalized spacial score (nSPS) is 12.9. The zero-order valence-corrected chi connectivity index (χ0v) is 40.1. The molecule has 0 aliphatic heterocycles. The number of hydrogen-bond acceptors (Lipinski definition) is 4. The van der Waals surface area contributed by atoms with Gasteiger partial charge in [-0.05, 0) is 91.5 Å². The largest absolute Gasteiger partial charge is 0.456 e. The molecule has 0 atom stereocenters. The van der Waals surface area contributed by atoms with Gasteiger partial charge in [-0.25, -0.2) is 15.0 Å². The molecule has 342 valence electrons. The van der Waals surface area contributed by atoms with E-state index in [4.69, 9.17) is 19.4 Å². The van der Waals surface area contributed by atoms with Gasteiger partial charge in [-0.1, -0.05) is 208 Å². The predicted octanol–water partition coefficient (Wildman–Crippen LogP) is 17.8. The summed E-state index contributed by atoms with van der Waals surface area (Å²) in [4.78, 5) is 15.6. The van der Waals surface area contributed by atoms with Crippen molar-refractivity contribution in [2.75, 3.05) is 0 Å². The zero-order chi connectivity index (χ0) is 48.4. The molecule has 5 nitrogen and oxygen atoms in total. The first-order chi connectivity index (χ1) is 36.0. The van der Waals surface area contributed by atoms with Gasteiger partial charge in [-0.15, -0.1) is 0 Å². The van der Waals surface area contributed by atoms with E-state index in [9.17, 15) is 0 Å². The molecule has 0 saturated carbocycles. The van der Waals surface area contributed by atoms with Crippen LogP contribution in [0, 0.1) is 0 Å². The molecule has 14 aromatic rings. The highest BCUT2D eigenvalue weighted by Gasteiger charge is 2.36. The summed E-state index contributed by atoms with van der Waals surface area (Å²) in [5, 5.41) is 9.41. The predicted molar refractivity (Wildman–Crippen MR) is 301 cm³/mol. The van der Waals surface area contributed by atoms with Crippen molar-refractivity contribution in [3.63, 3.8) is 0 Å². The second kappa shape index (κ2) is 15.8. The molecule has 0 spiro atoms. The molecule has 15 rings (SSSR count). The minimum atomic E-state index is -0.0953. The average molecular weight is 933 g/mol. The Morgan fingerprint density at radius 3 is 1.70 bits per heavy atom. The van der Waals surface area contributed by atoms with Crippen molar-refractivity contribution in [1.29, 1.82) is 0 Å². The summed E-state index contributed by atoms with van der Waals surface area (Å²) in [5.41, 5.74) is 17.6. The van der Waals surface area contributed by atoms with Crippen LogP contribution in [-0.4, -0.2) is 19.5 Å². The van der Waals surface area contributed by atoms with E-state index < -0.39 is 0 Å². The van der Waals surface area contributed by atoms with E-state index in [1.54, 1.807) is 0 Å². The lowest BCUT2D eigenvalue weighted by molar-refractivity contribution is 0.660. The number of nitrogens with zero attached hydrogens (tertiary/aromatic N) is 4. The van der Waals surface area contributed by atoms with E-state index in [1.165, 1.54) is 65.7 Å². The minimum absolute atomic E-state index is 0.0953. The van der Waals surface area contributed by atoms with Crippen molar-refractivity contribution in [2.24, 2.45) is 0 Å². The van der Waals surface area contributed by atoms with Crippen molar-refractivity contribution in [3.05, 3.63) is 242 Å². The Morgan fingerprint density at radius 2 is 0.877 bits per heavy atom. The van der Waals surface area contributed by atoms with E-state index >= 15 is 0 Å². The van der Waals surface area contributed by atoms with E-state index in [0.717, 1.165) is 66.5 Å². The second-order valence-corrected chi connectivity index (χ2v) is 19.9. The third-order valence-corrected chi connectivity index (χ3v) is 15.4. The fourth-order valence-electron chi connectivity index (χ4n) is 12.1. The molecule has 0 N–H and O–H groups in total. The summed E-state index contributed by atoms with van der Waals surface area (Å²) in [7, 11) is 0. The second-order valence-electron chi connectivity index (χ2n) is 19.9. The maximum Gasteiger partial charge on any atom is 0.164 e. The van der Waals surface area contributed by atoms with Crippen LogP contribution in [0.5, 0.6) is 0 Å². The number of aromatic nitrogens is 4. The SMILES string of the molecule is CC1(C)c2ccccc2-c2c(-c3cccc(-c4cccc5c6c7ccccc7c7ccccc7c6n(-c6cccc(-c7nc(-c8ccccc8)nc(-c8ccc9c(c8)oc8ccccc89)n7)c6)c45)c3)cccc21. The first-order valence-electron chi connectivity index (χ1n) is 25.0. The van der Waals surface area contributed by atoms with Crippen molar-refractivity contribution in [2.45, 2.75) is 19.3 Å². The molecule has 73 heavy (non-hydrogen) atoms. The van der Waals surface area contributed by atoms with Crippen molar-refractivity contribution in [1.82, 2.24) is 19.5 Å². The first kappa shape index (κ1) is 41.3. The van der Waals surface area contributed by atoms with Gasteiger partial charge in [0.2, 0.25) is 0 Å². The molecule has 11 aromatic carbocycles. The summed E-state index contributed by atoms with van der Waals surface area (Å²) in [5.74, 6) is 1.76. The summed E-state index contributed by atoms with van der Waals surface area (Å²) < 4.78 is 8.86. The third-order valence-electron chi connectivity index (χ3n) is 15.4. The maximum absolute atomic E-state index is 6.36. The molecule has 5 heteroatoms. The fraction of sp³-hybridized carbons (Fsp3) is 0.0441. The van der Waals surface area contributed by atoms with E-state index in [2.05, 4.69) is 213 Å². The van der Waals surface area contributed by atoms with Gasteiger partial charge >= 0.3 is 0 Å². The fourth-order valence-corrected chi connectivity index (χ4v) is 12.1. The Labute approximate surface area is 421 Å². The molecule has 0 fully saturated rings. The molecule has 1 aliphatic rings. The van der Waals surface area contributed by atoms with Crippen LogP contribution in [0.1, 0.15) is 25.0 Å². The molecule has 3 aromatic heterocycles. The number of rotatable bonds is 6. The average Bonchev–Trinajstić information content (AvgIpc) is 4.09. The quantitative estimate of drug-likeness (QED) is 0.156. The van der Waals surface area contributed by atoms with Gasteiger partial charge in [0.15, 0.2) is 17.5 Å². The molecule has 0 radical (unpaired) electrons. The first-order valence-corrected chi connectivity index (χ1v) is 25.0. The van der Waals surface area contributed by atoms with Crippen molar-refractivity contribution in [3.8, 4) is 73.2 Å². The van der Waals surface area contributed by atoms with Crippen molar-refractivity contribution < 1.29 is 4.42 Å². The van der Waals surface area contributed by atoms with E-state index in [-0.39, 0.29) is 5.41 Å². The van der Waals surface area contributed by atoms with Gasteiger partial charge in [0.25, 0.3) is 0 Å². The minimum Gasteiger partial charge on any atom is -0.456 e. The Balaban J connectivity index is 0.970. The smallest absolute Gasteiger partial charge is 0.164 e. The van der Waals surface area contributed by atoms with Crippen LogP contribution in [-0.2, 0) is 5.41 Å². The highest BCUT2D eigenvalue weighted by molar-refractivity contribution is 6.33. The van der Waals surface area contributed by atoms with E-state index in [1.807, 2.05) is 36.4 Å². The lowest BCUT2D eigenvalue weighted by Crippen LogP contribution is -2.14. The van der Waals surface area contributed by atoms with Gasteiger partial charge in [0, 0.05) is 60.3 Å². The van der Waals surface area contributed by atoms with Gasteiger partial charge in [0.05, 0.1) is 11.0 Å². The Hall–Kier alpha value is -9.45. The Bertz CT molecular complexity index is 4600. The molecular weight excluding hydrogens is 889 g/mol. The highest BCUT2D eigenvalue weighted by atomic mass is 16.3. The lowest BCUT2D eigenvalue weighted by atomic mass is 9.82. The number of furan rings is 1. The number of para-hydroxylation sites is 2. The van der Waals surface area contributed by atoms with Gasteiger partial charge in [-0.3, -0.25) is 0 Å². The Morgan fingerprint density at radius 1 is 0.342 bits per heavy atom. The summed E-state index contributed by atoms with van der Waals surface area (Å²) in [6, 6.07) is 82.8. The molecular formula is C68H44N4O. The zero-order valence-electron chi connectivity index (χ0n) is 40.1. The monoisotopic (exact) mass is 932 g/mol. The lowest BCUT2D eigenvalue weighted by Gasteiger charge is -2.21. The molecule has 3 heterocycles. The van der Waals surface area contributed by atoms with Crippen LogP contribution in [0.2, 0.25) is 0 Å². The summed E-state index contributed by atoms with van der Waals surface area (Å²) in [6.07, 6.45) is 0. The van der Waals surface area contributed by atoms with Crippen LogP contribution >= 0.6 is 0 Å². The molecule has 0 bridgehead atoms. The molecule has 0 unspecified atom stereocenters. The molecule has 0 amide bonds. The van der Waals surface area contributed by atoms with E-state index in [0.29, 0.717) is 17.5 Å². The Kier molecular flexibility index (Phi) is 8.94. The summed E-state index contributed by atoms with van der Waals surface area (Å²) >= 11 is 0. The highest BCUT2D eigenvalue weighted by Crippen LogP contribution is 2.53. The third kappa shape index (κ3) is 6.25. The van der Waals surface area contributed by atoms with Crippen LogP contribution in [0.3, 0.4) is 0 Å². The van der Waals surface area contributed by atoms with Crippen LogP contribution < -0.4 is 0 Å². The molecule has 1 aliphatic carbocycles. The van der Waals surface area contributed by atoms with Crippen molar-refractivity contribution >= 4 is 65.3 Å². The standard InChI is InChI=1S/C68H44N4O/c1-68(2)57-33-12-10-29-55(57)61-47(30-17-34-58(61)68)42-20-14-21-43(38-42)48-31-16-32-56-62-53-27-8-6-24-49(53)50-25-7-9-28-54(50)64(62)72(63(48)56)46-23-15-22-44(39-46)66-69-65(41-18-4-3-5-19-41)70-67(71-66)45-36-37-52-51-26-11-13-35-59(51)73-60(52)40-45/h3-40H,1-2H3. The van der Waals surface area contributed by atoms with Gasteiger partial charge in [0.1, 0.15) is 11.2 Å². The topological polar surface area (TPSA) is 56.7 Å². The molecule has 0 saturated heterocycles. The summed E-state index contributed by atoms with van der Waals surface area (Å²) in [6.45, 7) is 4.70.